The molecule has 1 fully saturated rings. The molecule has 0 aliphatic heterocycles. The van der Waals surface area contributed by atoms with Crippen LogP contribution in [0.15, 0.2) is 30.3 Å². The third-order valence-electron chi connectivity index (χ3n) is 4.06. The number of hydrogen-bond acceptors (Lipinski definition) is 4. The lowest BCUT2D eigenvalue weighted by Crippen LogP contribution is -2.17. The number of benzene rings is 1. The highest BCUT2D eigenvalue weighted by atomic mass is 16.3. The Morgan fingerprint density at radius 1 is 1.30 bits per heavy atom. The maximum Gasteiger partial charge on any atom is 0.126 e. The summed E-state index contributed by atoms with van der Waals surface area (Å²) in [5.74, 6) is 0.853. The van der Waals surface area contributed by atoms with Crippen LogP contribution in [0.1, 0.15) is 24.8 Å². The van der Waals surface area contributed by atoms with E-state index in [1.54, 1.807) is 6.07 Å². The van der Waals surface area contributed by atoms with E-state index in [2.05, 4.69) is 16.4 Å². The summed E-state index contributed by atoms with van der Waals surface area (Å²) in [6.45, 7) is 1.12. The van der Waals surface area contributed by atoms with Crippen molar-refractivity contribution in [2.24, 2.45) is 5.41 Å². The number of hydrogen-bond donors (Lipinski definition) is 2. The minimum absolute atomic E-state index is 0.254. The lowest BCUT2D eigenvalue weighted by molar-refractivity contribution is 0.253. The Bertz CT molecular complexity index is 671. The van der Waals surface area contributed by atoms with E-state index in [9.17, 15) is 0 Å². The highest BCUT2D eigenvalue weighted by Crippen LogP contribution is 2.48. The molecule has 2 N–H and O–H groups in total. The van der Waals surface area contributed by atoms with Crippen LogP contribution in [0.25, 0.3) is 10.9 Å². The lowest BCUT2D eigenvalue weighted by atomic mass is 10.0. The highest BCUT2D eigenvalue weighted by Gasteiger charge is 2.41. The zero-order valence-corrected chi connectivity index (χ0v) is 11.3. The largest absolute Gasteiger partial charge is 0.396 e. The van der Waals surface area contributed by atoms with Crippen LogP contribution in [0.4, 0.5) is 5.82 Å². The summed E-state index contributed by atoms with van der Waals surface area (Å²) in [5, 5.41) is 22.3. The molecule has 1 saturated carbocycles. The number of anilines is 1. The van der Waals surface area contributed by atoms with Crippen LogP contribution < -0.4 is 5.32 Å². The first-order valence-electron chi connectivity index (χ1n) is 6.90. The molecule has 1 aromatic heterocycles. The van der Waals surface area contributed by atoms with Crippen LogP contribution in [0, 0.1) is 16.7 Å². The second-order valence-corrected chi connectivity index (χ2v) is 5.54. The molecular formula is C16H17N3O. The van der Waals surface area contributed by atoms with Crippen LogP contribution in [-0.4, -0.2) is 23.2 Å². The maximum atomic E-state index is 9.06. The predicted octanol–water partition coefficient (Wildman–Crippen LogP) is 2.68. The quantitative estimate of drug-likeness (QED) is 0.874. The second kappa shape index (κ2) is 5.10. The van der Waals surface area contributed by atoms with Crippen molar-refractivity contribution in [1.82, 2.24) is 4.98 Å². The van der Waals surface area contributed by atoms with E-state index in [4.69, 9.17) is 10.4 Å². The van der Waals surface area contributed by atoms with Crippen LogP contribution in [-0.2, 0) is 0 Å². The Morgan fingerprint density at radius 3 is 2.85 bits per heavy atom. The summed E-state index contributed by atoms with van der Waals surface area (Å²) < 4.78 is 0. The molecule has 0 bridgehead atoms. The summed E-state index contributed by atoms with van der Waals surface area (Å²) >= 11 is 0. The number of nitrogens with zero attached hydrogens (tertiary/aromatic N) is 2. The monoisotopic (exact) mass is 267 g/mol. The Morgan fingerprint density at radius 2 is 2.15 bits per heavy atom. The number of aromatic nitrogens is 1. The highest BCUT2D eigenvalue weighted by molar-refractivity contribution is 5.81. The minimum Gasteiger partial charge on any atom is -0.396 e. The molecule has 4 heteroatoms. The fraction of sp³-hybridized carbons (Fsp3) is 0.375. The maximum absolute atomic E-state index is 9.06. The molecule has 1 aromatic carbocycles. The molecule has 0 radical (unpaired) electrons. The van der Waals surface area contributed by atoms with Gasteiger partial charge in [-0.15, -0.1) is 0 Å². The van der Waals surface area contributed by atoms with Gasteiger partial charge in [-0.05, 0) is 55.0 Å². The number of aliphatic hydroxyl groups is 1. The fourth-order valence-corrected chi connectivity index (χ4v) is 2.50. The number of nitrogens with one attached hydrogen (secondary N) is 1. The second-order valence-electron chi connectivity index (χ2n) is 5.54. The van der Waals surface area contributed by atoms with Gasteiger partial charge < -0.3 is 10.4 Å². The number of rotatable bonds is 5. The summed E-state index contributed by atoms with van der Waals surface area (Å²) in [6, 6.07) is 11.6. The van der Waals surface area contributed by atoms with Gasteiger partial charge in [-0.2, -0.15) is 5.26 Å². The molecule has 0 unspecified atom stereocenters. The van der Waals surface area contributed by atoms with E-state index >= 15 is 0 Å². The molecular weight excluding hydrogens is 250 g/mol. The van der Waals surface area contributed by atoms with Gasteiger partial charge in [0, 0.05) is 18.5 Å². The number of pyridine rings is 1. The number of fused-ring (bicyclic) bond motifs is 1. The zero-order chi connectivity index (χ0) is 14.0. The van der Waals surface area contributed by atoms with E-state index in [1.807, 2.05) is 24.3 Å². The molecule has 2 aromatic rings. The van der Waals surface area contributed by atoms with Gasteiger partial charge in [-0.3, -0.25) is 0 Å². The van der Waals surface area contributed by atoms with Crippen molar-refractivity contribution in [3.63, 3.8) is 0 Å². The molecule has 20 heavy (non-hydrogen) atoms. The normalized spacial score (nSPS) is 15.8. The first-order chi connectivity index (χ1) is 9.74. The van der Waals surface area contributed by atoms with Gasteiger partial charge in [0.2, 0.25) is 0 Å². The Hall–Kier alpha value is -2.12. The topological polar surface area (TPSA) is 68.9 Å². The van der Waals surface area contributed by atoms with E-state index in [1.165, 1.54) is 12.8 Å². The van der Waals surface area contributed by atoms with E-state index in [0.717, 1.165) is 29.7 Å². The van der Waals surface area contributed by atoms with Crippen molar-refractivity contribution in [3.05, 3.63) is 35.9 Å². The molecule has 3 rings (SSSR count). The van der Waals surface area contributed by atoms with Gasteiger partial charge in [0.15, 0.2) is 0 Å². The molecule has 1 heterocycles. The lowest BCUT2D eigenvalue weighted by Gasteiger charge is -2.15. The molecule has 0 atom stereocenters. The summed E-state index contributed by atoms with van der Waals surface area (Å²) in [5.41, 5.74) is 1.82. The van der Waals surface area contributed by atoms with Crippen LogP contribution in [0.2, 0.25) is 0 Å². The molecule has 0 saturated heterocycles. The van der Waals surface area contributed by atoms with Crippen molar-refractivity contribution in [2.75, 3.05) is 18.5 Å². The first-order valence-corrected chi connectivity index (χ1v) is 6.90. The standard InChI is InChI=1S/C16H17N3O/c17-10-12-1-3-14-13(9-12)2-4-15(19-14)18-11-16(5-6-16)7-8-20/h1-4,9,20H,5-8,11H2,(H,18,19). The molecule has 1 aliphatic rings. The smallest absolute Gasteiger partial charge is 0.126 e. The van der Waals surface area contributed by atoms with Gasteiger partial charge in [0.25, 0.3) is 0 Å². The fourth-order valence-electron chi connectivity index (χ4n) is 2.50. The number of aliphatic hydroxyl groups excluding tert-OH is 1. The van der Waals surface area contributed by atoms with E-state index in [-0.39, 0.29) is 12.0 Å². The van der Waals surface area contributed by atoms with E-state index < -0.39 is 0 Å². The van der Waals surface area contributed by atoms with Crippen molar-refractivity contribution in [2.45, 2.75) is 19.3 Å². The first kappa shape index (κ1) is 12.9. The molecule has 4 nitrogen and oxygen atoms in total. The van der Waals surface area contributed by atoms with Gasteiger partial charge in [0.05, 0.1) is 17.1 Å². The summed E-state index contributed by atoms with van der Waals surface area (Å²) in [6.07, 6.45) is 3.22. The van der Waals surface area contributed by atoms with Crippen LogP contribution in [0.3, 0.4) is 0 Å². The molecule has 0 amide bonds. The van der Waals surface area contributed by atoms with Crippen molar-refractivity contribution < 1.29 is 5.11 Å². The zero-order valence-electron chi connectivity index (χ0n) is 11.3. The summed E-state index contributed by atoms with van der Waals surface area (Å²) in [4.78, 5) is 4.56. The Labute approximate surface area is 118 Å². The van der Waals surface area contributed by atoms with Crippen molar-refractivity contribution in [1.29, 1.82) is 5.26 Å². The van der Waals surface area contributed by atoms with Gasteiger partial charge >= 0.3 is 0 Å². The van der Waals surface area contributed by atoms with Gasteiger partial charge in [-0.25, -0.2) is 4.98 Å². The summed E-state index contributed by atoms with van der Waals surface area (Å²) in [7, 11) is 0. The average molecular weight is 267 g/mol. The van der Waals surface area contributed by atoms with Crippen LogP contribution in [0.5, 0.6) is 0 Å². The van der Waals surface area contributed by atoms with Gasteiger partial charge in [0.1, 0.15) is 5.82 Å². The van der Waals surface area contributed by atoms with E-state index in [0.29, 0.717) is 5.56 Å². The third-order valence-corrected chi connectivity index (χ3v) is 4.06. The molecule has 1 aliphatic carbocycles. The Balaban J connectivity index is 1.75. The predicted molar refractivity (Wildman–Crippen MR) is 78.3 cm³/mol. The van der Waals surface area contributed by atoms with Crippen molar-refractivity contribution in [3.8, 4) is 6.07 Å². The van der Waals surface area contributed by atoms with Gasteiger partial charge in [-0.1, -0.05) is 0 Å². The third kappa shape index (κ3) is 2.59. The van der Waals surface area contributed by atoms with Crippen LogP contribution >= 0.6 is 0 Å². The SMILES string of the molecule is N#Cc1ccc2nc(NCC3(CCO)CC3)ccc2c1. The minimum atomic E-state index is 0.254. The average Bonchev–Trinajstić information content (AvgIpc) is 3.25. The molecule has 0 spiro atoms. The number of nitriles is 1. The Kier molecular flexibility index (Phi) is 3.29. The van der Waals surface area contributed by atoms with Crippen molar-refractivity contribution >= 4 is 16.7 Å². The molecule has 102 valence electrons.